The number of aliphatic imine (C=N–C) groups is 1. The van der Waals surface area contributed by atoms with Crippen molar-refractivity contribution in [2.75, 3.05) is 12.0 Å². The van der Waals surface area contributed by atoms with Gasteiger partial charge in [0.05, 0.1) is 27.0 Å². The Kier molecular flexibility index (Phi) is 8.51. The molecule has 0 N–H and O–H groups in total. The fourth-order valence-corrected chi connectivity index (χ4v) is 5.86. The van der Waals surface area contributed by atoms with Gasteiger partial charge in [-0.1, -0.05) is 64.5 Å². The molecule has 1 saturated heterocycles. The lowest BCUT2D eigenvalue weighted by atomic mass is 10.1. The molecule has 1 amide bonds. The number of thioether (sulfide) groups is 1. The van der Waals surface area contributed by atoms with Crippen LogP contribution in [-0.4, -0.2) is 18.2 Å². The number of methoxy groups -OCH3 is 1. The number of hydrogen-bond acceptors (Lipinski definition) is 5. The van der Waals surface area contributed by atoms with Crippen LogP contribution in [0.15, 0.2) is 111 Å². The molecule has 1 aliphatic rings. The Morgan fingerprint density at radius 2 is 1.66 bits per heavy atom. The molecular formula is C30H22BrIN2O3S. The lowest BCUT2D eigenvalue weighted by Crippen LogP contribution is -2.28. The van der Waals surface area contributed by atoms with Gasteiger partial charge in [-0.15, -0.1) is 0 Å². The quantitative estimate of drug-likeness (QED) is 0.144. The second kappa shape index (κ2) is 12.2. The van der Waals surface area contributed by atoms with Crippen LogP contribution in [0.25, 0.3) is 6.08 Å². The minimum Gasteiger partial charge on any atom is -0.493 e. The lowest BCUT2D eigenvalue weighted by molar-refractivity contribution is -0.113. The van der Waals surface area contributed by atoms with Crippen molar-refractivity contribution in [1.29, 1.82) is 0 Å². The van der Waals surface area contributed by atoms with E-state index < -0.39 is 0 Å². The maximum atomic E-state index is 13.6. The van der Waals surface area contributed by atoms with Crippen LogP contribution in [0, 0.1) is 3.57 Å². The second-order valence-electron chi connectivity index (χ2n) is 8.27. The molecule has 0 saturated carbocycles. The van der Waals surface area contributed by atoms with Crippen LogP contribution in [0.2, 0.25) is 0 Å². The van der Waals surface area contributed by atoms with Gasteiger partial charge in [0.25, 0.3) is 5.91 Å². The first-order chi connectivity index (χ1) is 18.5. The fraction of sp³-hybridized carbons (Fsp3) is 0.0667. The average molecular weight is 697 g/mol. The van der Waals surface area contributed by atoms with Gasteiger partial charge >= 0.3 is 0 Å². The summed E-state index contributed by atoms with van der Waals surface area (Å²) in [6.45, 7) is 0.416. The first-order valence-corrected chi connectivity index (χ1v) is 14.4. The monoisotopic (exact) mass is 696 g/mol. The molecule has 1 heterocycles. The summed E-state index contributed by atoms with van der Waals surface area (Å²) in [7, 11) is 1.62. The number of nitrogens with zero attached hydrogens (tertiary/aromatic N) is 2. The zero-order valence-electron chi connectivity index (χ0n) is 20.3. The first-order valence-electron chi connectivity index (χ1n) is 11.7. The molecule has 0 radical (unpaired) electrons. The second-order valence-corrected chi connectivity index (χ2v) is 11.4. The number of carbonyl (C=O) groups is 1. The minimum atomic E-state index is -0.125. The number of carbonyl (C=O) groups excluding carboxylic acids is 1. The van der Waals surface area contributed by atoms with Crippen molar-refractivity contribution < 1.29 is 14.3 Å². The van der Waals surface area contributed by atoms with Gasteiger partial charge in [0, 0.05) is 4.47 Å². The fourth-order valence-electron chi connectivity index (χ4n) is 3.82. The zero-order chi connectivity index (χ0) is 26.5. The highest BCUT2D eigenvalue weighted by molar-refractivity contribution is 14.1. The van der Waals surface area contributed by atoms with Crippen LogP contribution < -0.4 is 14.4 Å². The van der Waals surface area contributed by atoms with Gasteiger partial charge in [-0.2, -0.15) is 0 Å². The van der Waals surface area contributed by atoms with E-state index >= 15 is 0 Å². The Balaban J connectivity index is 1.45. The zero-order valence-corrected chi connectivity index (χ0v) is 24.9. The predicted molar refractivity (Wildman–Crippen MR) is 167 cm³/mol. The normalized spacial score (nSPS) is 15.3. The molecule has 38 heavy (non-hydrogen) atoms. The maximum absolute atomic E-state index is 13.6. The SMILES string of the molecule is COc1cc(/C=C2\SC(=Nc3ccccc3)N(c3ccccc3)C2=O)cc(I)c1OCc1ccc(Br)cc1. The van der Waals surface area contributed by atoms with Crippen LogP contribution in [0.5, 0.6) is 11.5 Å². The molecule has 190 valence electrons. The van der Waals surface area contributed by atoms with E-state index in [-0.39, 0.29) is 5.91 Å². The number of halogens is 2. The molecule has 4 aromatic rings. The van der Waals surface area contributed by atoms with Gasteiger partial charge in [-0.05, 0) is 100 Å². The molecule has 0 atom stereocenters. The molecule has 0 aromatic heterocycles. The van der Waals surface area contributed by atoms with E-state index in [0.29, 0.717) is 28.2 Å². The average Bonchev–Trinajstić information content (AvgIpc) is 3.23. The highest BCUT2D eigenvalue weighted by Gasteiger charge is 2.34. The number of amides is 1. The highest BCUT2D eigenvalue weighted by atomic mass is 127. The van der Waals surface area contributed by atoms with E-state index in [9.17, 15) is 4.79 Å². The Hall–Kier alpha value is -3.08. The van der Waals surface area contributed by atoms with Crippen molar-refractivity contribution in [1.82, 2.24) is 0 Å². The molecule has 5 nitrogen and oxygen atoms in total. The van der Waals surface area contributed by atoms with Gasteiger partial charge in [-0.25, -0.2) is 4.99 Å². The van der Waals surface area contributed by atoms with Crippen molar-refractivity contribution in [2.45, 2.75) is 6.61 Å². The van der Waals surface area contributed by atoms with Crippen molar-refractivity contribution in [3.05, 3.63) is 121 Å². The van der Waals surface area contributed by atoms with Crippen LogP contribution in [0.1, 0.15) is 11.1 Å². The third-order valence-corrected chi connectivity index (χ3v) is 7.95. The Labute approximate surface area is 247 Å². The largest absolute Gasteiger partial charge is 0.493 e. The van der Waals surface area contributed by atoms with Crippen LogP contribution in [0.3, 0.4) is 0 Å². The molecule has 1 fully saturated rings. The molecule has 0 bridgehead atoms. The lowest BCUT2D eigenvalue weighted by Gasteiger charge is -2.15. The van der Waals surface area contributed by atoms with Crippen LogP contribution in [-0.2, 0) is 11.4 Å². The standard InChI is InChI=1S/C30H22BrIN2O3S/c1-36-26-17-21(16-25(32)28(26)37-19-20-12-14-22(31)15-13-20)18-27-29(35)34(24-10-6-3-7-11-24)30(38-27)33-23-8-4-2-5-9-23/h2-18H,19H2,1H3/b27-18-,33-30?. The molecule has 0 unspecified atom stereocenters. The predicted octanol–water partition coefficient (Wildman–Crippen LogP) is 8.45. The number of anilines is 1. The van der Waals surface area contributed by atoms with E-state index in [4.69, 9.17) is 14.5 Å². The number of benzene rings is 4. The van der Waals surface area contributed by atoms with E-state index in [0.717, 1.165) is 30.5 Å². The first kappa shape index (κ1) is 26.5. The van der Waals surface area contributed by atoms with Crippen LogP contribution in [0.4, 0.5) is 11.4 Å². The number of para-hydroxylation sites is 2. The number of ether oxygens (including phenoxy) is 2. The van der Waals surface area contributed by atoms with E-state index in [1.54, 1.807) is 12.0 Å². The van der Waals surface area contributed by atoms with Crippen molar-refractivity contribution >= 4 is 78.8 Å². The Morgan fingerprint density at radius 3 is 2.34 bits per heavy atom. The minimum absolute atomic E-state index is 0.125. The summed E-state index contributed by atoms with van der Waals surface area (Å²) in [4.78, 5) is 20.6. The van der Waals surface area contributed by atoms with Gasteiger partial charge in [-0.3, -0.25) is 9.69 Å². The summed E-state index contributed by atoms with van der Waals surface area (Å²) in [5.74, 6) is 1.15. The summed E-state index contributed by atoms with van der Waals surface area (Å²) >= 11 is 7.05. The summed E-state index contributed by atoms with van der Waals surface area (Å²) < 4.78 is 13.7. The molecule has 5 rings (SSSR count). The number of rotatable bonds is 7. The van der Waals surface area contributed by atoms with Crippen molar-refractivity contribution in [3.8, 4) is 11.5 Å². The smallest absolute Gasteiger partial charge is 0.271 e. The van der Waals surface area contributed by atoms with Gasteiger partial charge in [0.2, 0.25) is 0 Å². The number of amidine groups is 1. The molecule has 4 aromatic carbocycles. The Bertz CT molecular complexity index is 1510. The molecule has 8 heteroatoms. The van der Waals surface area contributed by atoms with E-state index in [1.807, 2.05) is 103 Å². The van der Waals surface area contributed by atoms with E-state index in [1.165, 1.54) is 11.8 Å². The summed E-state index contributed by atoms with van der Waals surface area (Å²) in [6, 6.07) is 31.1. The Morgan fingerprint density at radius 1 is 0.974 bits per heavy atom. The number of hydrogen-bond donors (Lipinski definition) is 0. The van der Waals surface area contributed by atoms with Gasteiger partial charge < -0.3 is 9.47 Å². The molecule has 1 aliphatic heterocycles. The third-order valence-electron chi connectivity index (χ3n) is 5.65. The highest BCUT2D eigenvalue weighted by Crippen LogP contribution is 2.39. The van der Waals surface area contributed by atoms with Crippen LogP contribution >= 0.6 is 50.3 Å². The van der Waals surface area contributed by atoms with Gasteiger partial charge in [0.15, 0.2) is 16.7 Å². The van der Waals surface area contributed by atoms with Gasteiger partial charge in [0.1, 0.15) is 6.61 Å². The third kappa shape index (κ3) is 6.14. The molecule has 0 aliphatic carbocycles. The van der Waals surface area contributed by atoms with Crippen molar-refractivity contribution in [3.63, 3.8) is 0 Å². The van der Waals surface area contributed by atoms with E-state index in [2.05, 4.69) is 38.5 Å². The summed E-state index contributed by atoms with van der Waals surface area (Å²) in [5, 5.41) is 0.606. The summed E-state index contributed by atoms with van der Waals surface area (Å²) in [6.07, 6.45) is 1.87. The molecular weight excluding hydrogens is 675 g/mol. The topological polar surface area (TPSA) is 51.1 Å². The maximum Gasteiger partial charge on any atom is 0.271 e. The van der Waals surface area contributed by atoms with Crippen molar-refractivity contribution in [2.24, 2.45) is 4.99 Å². The summed E-state index contributed by atoms with van der Waals surface area (Å²) in [5.41, 5.74) is 3.45. The molecule has 0 spiro atoms.